The first-order valence-corrected chi connectivity index (χ1v) is 6.58. The van der Waals surface area contributed by atoms with Crippen LogP contribution in [0.3, 0.4) is 0 Å². The zero-order valence-corrected chi connectivity index (χ0v) is 10.6. The van der Waals surface area contributed by atoms with Gasteiger partial charge in [0.2, 0.25) is 0 Å². The highest BCUT2D eigenvalue weighted by Crippen LogP contribution is 2.17. The summed E-state index contributed by atoms with van der Waals surface area (Å²) < 4.78 is 0. The van der Waals surface area contributed by atoms with Gasteiger partial charge in [0.15, 0.2) is 0 Å². The first kappa shape index (κ1) is 13.5. The van der Waals surface area contributed by atoms with Gasteiger partial charge in [-0.2, -0.15) is 0 Å². The maximum absolute atomic E-state index is 10.7. The SMILES string of the molecule is CC(CCCC(C)N1CCCCC1)C(=O)O. The molecule has 94 valence electrons. The highest BCUT2D eigenvalue weighted by Gasteiger charge is 2.17. The van der Waals surface area contributed by atoms with Crippen molar-refractivity contribution in [2.75, 3.05) is 13.1 Å². The minimum atomic E-state index is -0.661. The van der Waals surface area contributed by atoms with Crippen molar-refractivity contribution in [3.8, 4) is 0 Å². The van der Waals surface area contributed by atoms with Gasteiger partial charge >= 0.3 is 5.97 Å². The minimum absolute atomic E-state index is 0.187. The molecule has 1 aliphatic rings. The fraction of sp³-hybridized carbons (Fsp3) is 0.923. The molecular weight excluding hydrogens is 202 g/mol. The van der Waals surface area contributed by atoms with Crippen LogP contribution in [0.15, 0.2) is 0 Å². The third kappa shape index (κ3) is 4.52. The number of carboxylic acids is 1. The van der Waals surface area contributed by atoms with E-state index in [9.17, 15) is 4.79 Å². The van der Waals surface area contributed by atoms with Crippen molar-refractivity contribution >= 4 is 5.97 Å². The number of aliphatic carboxylic acids is 1. The Morgan fingerprint density at radius 3 is 2.38 bits per heavy atom. The molecule has 0 spiro atoms. The maximum Gasteiger partial charge on any atom is 0.306 e. The monoisotopic (exact) mass is 227 g/mol. The van der Waals surface area contributed by atoms with Gasteiger partial charge in [0.25, 0.3) is 0 Å². The third-order valence-corrected chi connectivity index (χ3v) is 3.69. The third-order valence-electron chi connectivity index (χ3n) is 3.69. The van der Waals surface area contributed by atoms with Gasteiger partial charge in [-0.05, 0) is 45.7 Å². The number of carbonyl (C=O) groups is 1. The van der Waals surface area contributed by atoms with Gasteiger partial charge in [-0.25, -0.2) is 0 Å². The van der Waals surface area contributed by atoms with Crippen LogP contribution in [0, 0.1) is 5.92 Å². The molecule has 0 radical (unpaired) electrons. The van der Waals surface area contributed by atoms with Crippen LogP contribution in [0.4, 0.5) is 0 Å². The molecule has 0 aliphatic carbocycles. The van der Waals surface area contributed by atoms with Crippen molar-refractivity contribution < 1.29 is 9.90 Å². The molecule has 3 nitrogen and oxygen atoms in total. The number of rotatable bonds is 6. The molecule has 0 amide bonds. The first-order valence-electron chi connectivity index (χ1n) is 6.58. The van der Waals surface area contributed by atoms with Gasteiger partial charge in [-0.1, -0.05) is 19.8 Å². The molecule has 2 atom stereocenters. The second kappa shape index (κ2) is 6.89. The van der Waals surface area contributed by atoms with E-state index >= 15 is 0 Å². The summed E-state index contributed by atoms with van der Waals surface area (Å²) in [6.45, 7) is 6.54. The molecule has 0 aromatic carbocycles. The molecule has 1 saturated heterocycles. The Hall–Kier alpha value is -0.570. The van der Waals surface area contributed by atoms with Crippen molar-refractivity contribution in [1.29, 1.82) is 0 Å². The van der Waals surface area contributed by atoms with Crippen LogP contribution in [-0.4, -0.2) is 35.1 Å². The summed E-state index contributed by atoms with van der Waals surface area (Å²) in [4.78, 5) is 13.2. The molecule has 16 heavy (non-hydrogen) atoms. The summed E-state index contributed by atoms with van der Waals surface area (Å²) >= 11 is 0. The Balaban J connectivity index is 2.14. The van der Waals surface area contributed by atoms with Crippen LogP contribution in [-0.2, 0) is 4.79 Å². The summed E-state index contributed by atoms with van der Waals surface area (Å²) in [5.41, 5.74) is 0. The molecule has 1 fully saturated rings. The van der Waals surface area contributed by atoms with E-state index in [1.807, 2.05) is 0 Å². The van der Waals surface area contributed by atoms with Gasteiger partial charge in [0.1, 0.15) is 0 Å². The summed E-state index contributed by atoms with van der Waals surface area (Å²) in [5, 5.41) is 8.79. The molecule has 0 aromatic heterocycles. The number of likely N-dealkylation sites (tertiary alicyclic amines) is 1. The number of nitrogens with zero attached hydrogens (tertiary/aromatic N) is 1. The molecular formula is C13H25NO2. The van der Waals surface area contributed by atoms with E-state index in [-0.39, 0.29) is 5.92 Å². The first-order chi connectivity index (χ1) is 7.61. The molecule has 1 N–H and O–H groups in total. The van der Waals surface area contributed by atoms with Gasteiger partial charge in [-0.15, -0.1) is 0 Å². The van der Waals surface area contributed by atoms with Crippen LogP contribution in [0.25, 0.3) is 0 Å². The Bertz CT molecular complexity index is 212. The average Bonchev–Trinajstić information content (AvgIpc) is 2.29. The van der Waals surface area contributed by atoms with Crippen LogP contribution in [0.5, 0.6) is 0 Å². The van der Waals surface area contributed by atoms with Crippen molar-refractivity contribution in [2.24, 2.45) is 5.92 Å². The van der Waals surface area contributed by atoms with Gasteiger partial charge in [-0.3, -0.25) is 4.79 Å². The van der Waals surface area contributed by atoms with Gasteiger partial charge in [0.05, 0.1) is 5.92 Å². The lowest BCUT2D eigenvalue weighted by Crippen LogP contribution is -2.37. The molecule has 0 aromatic rings. The number of piperidine rings is 1. The smallest absolute Gasteiger partial charge is 0.306 e. The topological polar surface area (TPSA) is 40.5 Å². The summed E-state index contributed by atoms with van der Waals surface area (Å²) in [6, 6.07) is 0.626. The standard InChI is InChI=1S/C13H25NO2/c1-11(13(15)16)7-6-8-12(2)14-9-4-3-5-10-14/h11-12H,3-10H2,1-2H3,(H,15,16). The predicted molar refractivity (Wildman–Crippen MR) is 65.5 cm³/mol. The van der Waals surface area contributed by atoms with Crippen molar-refractivity contribution in [1.82, 2.24) is 4.90 Å². The molecule has 1 aliphatic heterocycles. The normalized spacial score (nSPS) is 21.6. The van der Waals surface area contributed by atoms with Crippen LogP contribution >= 0.6 is 0 Å². The quantitative estimate of drug-likeness (QED) is 0.758. The van der Waals surface area contributed by atoms with E-state index in [2.05, 4.69) is 11.8 Å². The molecule has 3 heteroatoms. The highest BCUT2D eigenvalue weighted by atomic mass is 16.4. The van der Waals surface area contributed by atoms with Gasteiger partial charge < -0.3 is 10.0 Å². The number of carboxylic acid groups (broad SMARTS) is 1. The van der Waals surface area contributed by atoms with E-state index in [1.165, 1.54) is 32.4 Å². The minimum Gasteiger partial charge on any atom is -0.481 e. The Morgan fingerprint density at radius 2 is 1.81 bits per heavy atom. The van der Waals surface area contributed by atoms with Crippen molar-refractivity contribution in [2.45, 2.75) is 58.4 Å². The van der Waals surface area contributed by atoms with Crippen molar-refractivity contribution in [3.05, 3.63) is 0 Å². The lowest BCUT2D eigenvalue weighted by Gasteiger charge is -2.32. The Labute approximate surface area is 98.8 Å². The van der Waals surface area contributed by atoms with Crippen LogP contribution < -0.4 is 0 Å². The predicted octanol–water partition coefficient (Wildman–Crippen LogP) is 2.75. The van der Waals surface area contributed by atoms with E-state index in [0.717, 1.165) is 19.3 Å². The number of hydrogen-bond donors (Lipinski definition) is 1. The largest absolute Gasteiger partial charge is 0.481 e. The Kier molecular flexibility index (Phi) is 5.81. The van der Waals surface area contributed by atoms with E-state index < -0.39 is 5.97 Å². The fourth-order valence-corrected chi connectivity index (χ4v) is 2.38. The zero-order valence-electron chi connectivity index (χ0n) is 10.6. The highest BCUT2D eigenvalue weighted by molar-refractivity contribution is 5.69. The van der Waals surface area contributed by atoms with Crippen molar-refractivity contribution in [3.63, 3.8) is 0 Å². The second-order valence-corrected chi connectivity index (χ2v) is 5.12. The molecule has 0 bridgehead atoms. The lowest BCUT2D eigenvalue weighted by atomic mass is 10.0. The maximum atomic E-state index is 10.7. The Morgan fingerprint density at radius 1 is 1.19 bits per heavy atom. The molecule has 2 unspecified atom stereocenters. The summed E-state index contributed by atoms with van der Waals surface area (Å²) in [7, 11) is 0. The van der Waals surface area contributed by atoms with Crippen LogP contribution in [0.1, 0.15) is 52.4 Å². The van der Waals surface area contributed by atoms with Gasteiger partial charge in [0, 0.05) is 6.04 Å². The summed E-state index contributed by atoms with van der Waals surface area (Å²) in [5.74, 6) is -0.848. The fourth-order valence-electron chi connectivity index (χ4n) is 2.38. The van der Waals surface area contributed by atoms with E-state index in [1.54, 1.807) is 6.92 Å². The molecule has 1 heterocycles. The zero-order chi connectivity index (χ0) is 12.0. The van der Waals surface area contributed by atoms with E-state index in [0.29, 0.717) is 6.04 Å². The lowest BCUT2D eigenvalue weighted by molar-refractivity contribution is -0.141. The number of hydrogen-bond acceptors (Lipinski definition) is 2. The van der Waals surface area contributed by atoms with E-state index in [4.69, 9.17) is 5.11 Å². The average molecular weight is 227 g/mol. The second-order valence-electron chi connectivity index (χ2n) is 5.12. The molecule has 0 saturated carbocycles. The molecule has 1 rings (SSSR count). The summed E-state index contributed by atoms with van der Waals surface area (Å²) in [6.07, 6.45) is 7.02. The van der Waals surface area contributed by atoms with Crippen LogP contribution in [0.2, 0.25) is 0 Å².